The summed E-state index contributed by atoms with van der Waals surface area (Å²) in [4.78, 5) is 13.6. The fraction of sp³-hybridized carbons (Fsp3) is 0.435. The number of benzene rings is 2. The minimum absolute atomic E-state index is 0.0347. The molecule has 1 spiro atoms. The number of hydrogen-bond acceptors (Lipinski definition) is 6. The van der Waals surface area contributed by atoms with E-state index in [1.54, 1.807) is 6.07 Å². The Hall–Kier alpha value is -2.77. The molecule has 160 valence electrons. The van der Waals surface area contributed by atoms with E-state index in [-0.39, 0.29) is 23.9 Å². The number of carbonyl (C=O) groups is 1. The molecule has 0 saturated carbocycles. The first-order chi connectivity index (χ1) is 14.4. The number of carbonyl (C=O) groups excluding carboxylic acids is 1. The predicted molar refractivity (Wildman–Crippen MR) is 113 cm³/mol. The summed E-state index contributed by atoms with van der Waals surface area (Å²) in [6.07, 6.45) is 2.11. The summed E-state index contributed by atoms with van der Waals surface area (Å²) < 4.78 is 12.0. The summed E-state index contributed by atoms with van der Waals surface area (Å²) in [5.74, 6) is 1.14. The maximum absolute atomic E-state index is 11.3. The zero-order chi connectivity index (χ0) is 21.1. The number of amides is 1. The van der Waals surface area contributed by atoms with Crippen molar-refractivity contribution in [1.29, 1.82) is 0 Å². The van der Waals surface area contributed by atoms with Crippen LogP contribution in [-0.2, 0) is 11.2 Å². The molecule has 4 rings (SSSR count). The Morgan fingerprint density at radius 3 is 2.77 bits per heavy atom. The van der Waals surface area contributed by atoms with Crippen LogP contribution in [0.1, 0.15) is 25.3 Å². The lowest BCUT2D eigenvalue weighted by molar-refractivity contribution is -0.114. The fourth-order valence-corrected chi connectivity index (χ4v) is 4.25. The Kier molecular flexibility index (Phi) is 5.83. The lowest BCUT2D eigenvalue weighted by atomic mass is 9.87. The highest BCUT2D eigenvalue weighted by Crippen LogP contribution is 2.40. The van der Waals surface area contributed by atoms with E-state index < -0.39 is 6.10 Å². The van der Waals surface area contributed by atoms with E-state index in [9.17, 15) is 15.0 Å². The number of likely N-dealkylation sites (tertiary alicyclic amines) is 1. The molecule has 2 heterocycles. The van der Waals surface area contributed by atoms with Gasteiger partial charge >= 0.3 is 0 Å². The number of aliphatic hydroxyl groups excluding tert-OH is 1. The summed E-state index contributed by atoms with van der Waals surface area (Å²) in [5, 5.41) is 22.8. The van der Waals surface area contributed by atoms with Crippen LogP contribution in [0.4, 0.5) is 5.69 Å². The number of anilines is 1. The first-order valence-electron chi connectivity index (χ1n) is 10.3. The zero-order valence-electron chi connectivity index (χ0n) is 17.1. The Morgan fingerprint density at radius 1 is 1.27 bits per heavy atom. The molecule has 7 heteroatoms. The largest absolute Gasteiger partial charge is 0.508 e. The molecule has 1 fully saturated rings. The standard InChI is InChI=1S/C23H28N2O5/c1-16(26)24-20-7-6-18(27)12-22(20)29-15-19(28)14-25-10-8-23(9-11-25)13-17-4-2-3-5-21(17)30-23/h2-7,12,19,27-28H,8-11,13-15H2,1H3,(H,24,26)/t19-/m0/s1. The van der Waals surface area contributed by atoms with Crippen LogP contribution in [0.5, 0.6) is 17.2 Å². The van der Waals surface area contributed by atoms with Gasteiger partial charge in [0.05, 0.1) is 5.69 Å². The van der Waals surface area contributed by atoms with Crippen molar-refractivity contribution in [3.63, 3.8) is 0 Å². The van der Waals surface area contributed by atoms with Crippen LogP contribution in [-0.4, -0.2) is 59.0 Å². The second-order valence-corrected chi connectivity index (χ2v) is 8.20. The third kappa shape index (κ3) is 4.68. The molecule has 30 heavy (non-hydrogen) atoms. The molecule has 0 bridgehead atoms. The van der Waals surface area contributed by atoms with Gasteiger partial charge in [0.2, 0.25) is 5.91 Å². The van der Waals surface area contributed by atoms with Crippen LogP contribution in [0.15, 0.2) is 42.5 Å². The lowest BCUT2D eigenvalue weighted by Gasteiger charge is -2.39. The van der Waals surface area contributed by atoms with Crippen molar-refractivity contribution in [1.82, 2.24) is 4.90 Å². The normalized spacial score (nSPS) is 18.5. The molecule has 0 radical (unpaired) electrons. The molecule has 3 N–H and O–H groups in total. The van der Waals surface area contributed by atoms with Crippen LogP contribution in [0.2, 0.25) is 0 Å². The topological polar surface area (TPSA) is 91.3 Å². The van der Waals surface area contributed by atoms with Gasteiger partial charge < -0.3 is 29.9 Å². The first-order valence-corrected chi connectivity index (χ1v) is 10.3. The highest BCUT2D eigenvalue weighted by atomic mass is 16.5. The smallest absolute Gasteiger partial charge is 0.221 e. The third-order valence-corrected chi connectivity index (χ3v) is 5.76. The zero-order valence-corrected chi connectivity index (χ0v) is 17.1. The van der Waals surface area contributed by atoms with Crippen molar-refractivity contribution in [2.45, 2.75) is 37.9 Å². The van der Waals surface area contributed by atoms with Gasteiger partial charge in [0.1, 0.15) is 35.6 Å². The molecular formula is C23H28N2O5. The van der Waals surface area contributed by atoms with E-state index in [0.717, 1.165) is 38.1 Å². The molecule has 2 aromatic rings. The van der Waals surface area contributed by atoms with E-state index in [2.05, 4.69) is 22.3 Å². The van der Waals surface area contributed by atoms with Gasteiger partial charge in [-0.3, -0.25) is 4.79 Å². The number of β-amino-alcohol motifs (C(OH)–C–C–N with tert-alkyl or cyclic N) is 1. The van der Waals surface area contributed by atoms with Crippen LogP contribution in [0.3, 0.4) is 0 Å². The first kappa shape index (κ1) is 20.5. The number of rotatable bonds is 6. The summed E-state index contributed by atoms with van der Waals surface area (Å²) in [6, 6.07) is 12.7. The molecular weight excluding hydrogens is 384 g/mol. The minimum Gasteiger partial charge on any atom is -0.508 e. The van der Waals surface area contributed by atoms with Gasteiger partial charge in [0, 0.05) is 51.9 Å². The molecule has 0 aliphatic carbocycles. The van der Waals surface area contributed by atoms with Crippen molar-refractivity contribution in [2.75, 3.05) is 31.6 Å². The number of aliphatic hydroxyl groups is 1. The molecule has 0 aromatic heterocycles. The van der Waals surface area contributed by atoms with E-state index in [1.807, 2.05) is 12.1 Å². The van der Waals surface area contributed by atoms with Gasteiger partial charge in [-0.25, -0.2) is 0 Å². The monoisotopic (exact) mass is 412 g/mol. The summed E-state index contributed by atoms with van der Waals surface area (Å²) in [6.45, 7) is 3.68. The summed E-state index contributed by atoms with van der Waals surface area (Å²) in [7, 11) is 0. The van der Waals surface area contributed by atoms with Gasteiger partial charge in [-0.05, 0) is 23.8 Å². The Morgan fingerprint density at radius 2 is 2.03 bits per heavy atom. The molecule has 2 aliphatic rings. The minimum atomic E-state index is -0.687. The molecule has 2 aliphatic heterocycles. The molecule has 2 aromatic carbocycles. The number of fused-ring (bicyclic) bond motifs is 1. The predicted octanol–water partition coefficient (Wildman–Crippen LogP) is 2.56. The van der Waals surface area contributed by atoms with Gasteiger partial charge in [-0.1, -0.05) is 18.2 Å². The number of phenols is 1. The van der Waals surface area contributed by atoms with Crippen LogP contribution in [0.25, 0.3) is 0 Å². The fourth-order valence-electron chi connectivity index (χ4n) is 4.25. The maximum Gasteiger partial charge on any atom is 0.221 e. The van der Waals surface area contributed by atoms with E-state index in [4.69, 9.17) is 9.47 Å². The number of aromatic hydroxyl groups is 1. The average molecular weight is 412 g/mol. The van der Waals surface area contributed by atoms with Crippen molar-refractivity contribution in [3.05, 3.63) is 48.0 Å². The molecule has 7 nitrogen and oxygen atoms in total. The Labute approximate surface area is 176 Å². The van der Waals surface area contributed by atoms with E-state index in [1.165, 1.54) is 24.6 Å². The SMILES string of the molecule is CC(=O)Nc1ccc(O)cc1OC[C@@H](O)CN1CCC2(CC1)Cc1ccccc1O2. The highest BCUT2D eigenvalue weighted by molar-refractivity contribution is 5.90. The second-order valence-electron chi connectivity index (χ2n) is 8.20. The van der Waals surface area contributed by atoms with Crippen molar-refractivity contribution < 1.29 is 24.5 Å². The van der Waals surface area contributed by atoms with Crippen molar-refractivity contribution in [2.24, 2.45) is 0 Å². The molecule has 0 unspecified atom stereocenters. The lowest BCUT2D eigenvalue weighted by Crippen LogP contribution is -2.49. The maximum atomic E-state index is 11.3. The van der Waals surface area contributed by atoms with Gasteiger partial charge in [0.15, 0.2) is 0 Å². The number of phenolic OH excluding ortho intramolecular Hbond substituents is 1. The Balaban J connectivity index is 1.27. The van der Waals surface area contributed by atoms with Crippen molar-refractivity contribution >= 4 is 11.6 Å². The summed E-state index contributed by atoms with van der Waals surface area (Å²) in [5.41, 5.74) is 1.63. The van der Waals surface area contributed by atoms with Crippen LogP contribution < -0.4 is 14.8 Å². The number of hydrogen-bond donors (Lipinski definition) is 3. The number of piperidine rings is 1. The number of para-hydroxylation sites is 1. The third-order valence-electron chi connectivity index (χ3n) is 5.76. The van der Waals surface area contributed by atoms with Gasteiger partial charge in [0.25, 0.3) is 0 Å². The number of nitrogens with zero attached hydrogens (tertiary/aromatic N) is 1. The molecule has 1 saturated heterocycles. The molecule has 1 amide bonds. The molecule has 1 atom stereocenters. The number of nitrogens with one attached hydrogen (secondary N) is 1. The van der Waals surface area contributed by atoms with Crippen LogP contribution >= 0.6 is 0 Å². The second kappa shape index (κ2) is 8.53. The van der Waals surface area contributed by atoms with E-state index >= 15 is 0 Å². The van der Waals surface area contributed by atoms with E-state index in [0.29, 0.717) is 18.0 Å². The average Bonchev–Trinajstić information content (AvgIpc) is 3.07. The summed E-state index contributed by atoms with van der Waals surface area (Å²) >= 11 is 0. The Bertz CT molecular complexity index is 881. The quantitative estimate of drug-likeness (QED) is 0.632. The van der Waals surface area contributed by atoms with Crippen molar-refractivity contribution in [3.8, 4) is 17.2 Å². The van der Waals surface area contributed by atoms with Gasteiger partial charge in [-0.15, -0.1) is 0 Å². The van der Waals surface area contributed by atoms with Crippen LogP contribution in [0, 0.1) is 0 Å². The van der Waals surface area contributed by atoms with Gasteiger partial charge in [-0.2, -0.15) is 0 Å². The highest BCUT2D eigenvalue weighted by Gasteiger charge is 2.41. The number of ether oxygens (including phenoxy) is 2.